The van der Waals surface area contributed by atoms with Crippen LogP contribution in [0.25, 0.3) is 0 Å². The Morgan fingerprint density at radius 2 is 2.00 bits per heavy atom. The number of benzene rings is 1. The van der Waals surface area contributed by atoms with Gasteiger partial charge in [-0.3, -0.25) is 0 Å². The monoisotopic (exact) mass is 263 g/mol. The second-order valence-corrected chi connectivity index (χ2v) is 4.13. The van der Waals surface area contributed by atoms with E-state index in [-0.39, 0.29) is 11.6 Å². The maximum absolute atomic E-state index is 12.7. The summed E-state index contributed by atoms with van der Waals surface area (Å²) >= 11 is 0. The average molecular weight is 263 g/mol. The molecule has 5 heteroatoms. The fraction of sp³-hybridized carbons (Fsp3) is 0.214. The van der Waals surface area contributed by atoms with Crippen LogP contribution in [0.3, 0.4) is 0 Å². The third kappa shape index (κ3) is 3.66. The molecule has 0 unspecified atom stereocenters. The molecule has 100 valence electrons. The highest BCUT2D eigenvalue weighted by molar-refractivity contribution is 5.86. The zero-order chi connectivity index (χ0) is 13.7. The zero-order valence-electron chi connectivity index (χ0n) is 10.2. The van der Waals surface area contributed by atoms with Crippen molar-refractivity contribution in [3.05, 3.63) is 59.3 Å². The lowest BCUT2D eigenvalue weighted by atomic mass is 10.1. The number of halogens is 1. The van der Waals surface area contributed by atoms with Crippen LogP contribution in [-0.2, 0) is 13.0 Å². The molecule has 1 heterocycles. The van der Waals surface area contributed by atoms with E-state index in [1.54, 1.807) is 18.2 Å². The number of rotatable bonds is 6. The third-order valence-electron chi connectivity index (χ3n) is 2.76. The second-order valence-electron chi connectivity index (χ2n) is 4.13. The van der Waals surface area contributed by atoms with Gasteiger partial charge in [-0.05, 0) is 36.7 Å². The summed E-state index contributed by atoms with van der Waals surface area (Å²) in [4.78, 5) is 10.8. The fourth-order valence-corrected chi connectivity index (χ4v) is 1.77. The first kappa shape index (κ1) is 13.3. The van der Waals surface area contributed by atoms with E-state index >= 15 is 0 Å². The maximum atomic E-state index is 12.7. The number of furan rings is 1. The topological polar surface area (TPSA) is 62.5 Å². The smallest absolute Gasteiger partial charge is 0.372 e. The van der Waals surface area contributed by atoms with Crippen LogP contribution in [0.1, 0.15) is 21.7 Å². The van der Waals surface area contributed by atoms with E-state index < -0.39 is 5.97 Å². The number of carboxylic acid groups (broad SMARTS) is 1. The Labute approximate surface area is 109 Å². The van der Waals surface area contributed by atoms with Gasteiger partial charge in [0.25, 0.3) is 0 Å². The van der Waals surface area contributed by atoms with Gasteiger partial charge in [0.15, 0.2) is 0 Å². The first-order valence-electron chi connectivity index (χ1n) is 5.91. The van der Waals surface area contributed by atoms with Gasteiger partial charge in [0.1, 0.15) is 5.82 Å². The molecule has 0 fully saturated rings. The van der Waals surface area contributed by atoms with Crippen molar-refractivity contribution in [1.29, 1.82) is 0 Å². The molecule has 2 aromatic rings. The number of hydrogen-bond acceptors (Lipinski definition) is 3. The van der Waals surface area contributed by atoms with E-state index in [4.69, 9.17) is 9.52 Å². The molecule has 0 aliphatic heterocycles. The Bertz CT molecular complexity index is 548. The van der Waals surface area contributed by atoms with E-state index in [1.165, 1.54) is 18.4 Å². The molecule has 19 heavy (non-hydrogen) atoms. The molecule has 0 atom stereocenters. The van der Waals surface area contributed by atoms with Crippen molar-refractivity contribution < 1.29 is 18.7 Å². The summed E-state index contributed by atoms with van der Waals surface area (Å²) < 4.78 is 17.6. The van der Waals surface area contributed by atoms with Crippen LogP contribution in [0.5, 0.6) is 0 Å². The summed E-state index contributed by atoms with van der Waals surface area (Å²) in [5, 5.41) is 12.0. The quantitative estimate of drug-likeness (QED) is 0.786. The minimum absolute atomic E-state index is 0.0331. The van der Waals surface area contributed by atoms with Crippen molar-refractivity contribution in [1.82, 2.24) is 5.32 Å². The van der Waals surface area contributed by atoms with Crippen LogP contribution in [0, 0.1) is 5.82 Å². The van der Waals surface area contributed by atoms with E-state index in [9.17, 15) is 9.18 Å². The van der Waals surface area contributed by atoms with Crippen molar-refractivity contribution in [2.75, 3.05) is 6.54 Å². The van der Waals surface area contributed by atoms with E-state index in [0.717, 1.165) is 12.0 Å². The third-order valence-corrected chi connectivity index (χ3v) is 2.76. The molecular weight excluding hydrogens is 249 g/mol. The number of carbonyl (C=O) groups is 1. The van der Waals surface area contributed by atoms with E-state index in [0.29, 0.717) is 18.7 Å². The first-order chi connectivity index (χ1) is 9.16. The number of carboxylic acids is 1. The minimum atomic E-state index is -1.07. The van der Waals surface area contributed by atoms with Gasteiger partial charge < -0.3 is 14.8 Å². The Balaban J connectivity index is 1.79. The van der Waals surface area contributed by atoms with E-state index in [1.807, 2.05) is 0 Å². The lowest BCUT2D eigenvalue weighted by molar-refractivity contribution is 0.0660. The van der Waals surface area contributed by atoms with Crippen LogP contribution in [0.2, 0.25) is 0 Å². The summed E-state index contributed by atoms with van der Waals surface area (Å²) in [5.41, 5.74) is 1.64. The summed E-state index contributed by atoms with van der Waals surface area (Å²) in [5.74, 6) is -1.35. The minimum Gasteiger partial charge on any atom is -0.475 e. The van der Waals surface area contributed by atoms with Gasteiger partial charge in [0.05, 0.1) is 6.26 Å². The number of nitrogens with one attached hydrogen (secondary N) is 1. The molecule has 0 amide bonds. The predicted octanol–water partition coefficient (Wildman–Crippen LogP) is 2.45. The van der Waals surface area contributed by atoms with Gasteiger partial charge in [-0.15, -0.1) is 0 Å². The molecule has 0 aliphatic carbocycles. The molecule has 4 nitrogen and oxygen atoms in total. The predicted molar refractivity (Wildman–Crippen MR) is 67.5 cm³/mol. The van der Waals surface area contributed by atoms with Gasteiger partial charge in [0.2, 0.25) is 5.76 Å². The molecular formula is C14H14FNO3. The van der Waals surface area contributed by atoms with Gasteiger partial charge in [-0.2, -0.15) is 0 Å². The van der Waals surface area contributed by atoms with Gasteiger partial charge >= 0.3 is 5.97 Å². The molecule has 0 saturated heterocycles. The average Bonchev–Trinajstić information content (AvgIpc) is 2.85. The normalized spacial score (nSPS) is 10.6. The molecule has 0 radical (unpaired) electrons. The summed E-state index contributed by atoms with van der Waals surface area (Å²) in [7, 11) is 0. The maximum Gasteiger partial charge on any atom is 0.372 e. The summed E-state index contributed by atoms with van der Waals surface area (Å²) in [6.07, 6.45) is 2.11. The van der Waals surface area contributed by atoms with Crippen LogP contribution < -0.4 is 5.32 Å². The molecule has 0 spiro atoms. The highest BCUT2D eigenvalue weighted by atomic mass is 19.1. The summed E-state index contributed by atoms with van der Waals surface area (Å²) in [6.45, 7) is 1.11. The molecule has 0 bridgehead atoms. The Morgan fingerprint density at radius 1 is 1.26 bits per heavy atom. The molecule has 0 saturated carbocycles. The van der Waals surface area contributed by atoms with Crippen LogP contribution in [0.4, 0.5) is 4.39 Å². The Hall–Kier alpha value is -2.14. The lowest BCUT2D eigenvalue weighted by Crippen LogP contribution is -2.17. The van der Waals surface area contributed by atoms with Gasteiger partial charge in [-0.25, -0.2) is 9.18 Å². The lowest BCUT2D eigenvalue weighted by Gasteiger charge is -2.04. The molecule has 1 aromatic carbocycles. The Kier molecular flexibility index (Phi) is 4.30. The molecule has 2 rings (SSSR count). The highest BCUT2D eigenvalue weighted by Gasteiger charge is 2.12. The first-order valence-corrected chi connectivity index (χ1v) is 5.91. The van der Waals surface area contributed by atoms with Crippen LogP contribution in [-0.4, -0.2) is 17.6 Å². The number of aromatic carboxylic acids is 1. The van der Waals surface area contributed by atoms with Crippen molar-refractivity contribution in [3.8, 4) is 0 Å². The SMILES string of the molecule is O=C(O)c1occc1CNCCc1ccc(F)cc1. The van der Waals surface area contributed by atoms with E-state index in [2.05, 4.69) is 5.32 Å². The van der Waals surface area contributed by atoms with Crippen molar-refractivity contribution >= 4 is 5.97 Å². The zero-order valence-corrected chi connectivity index (χ0v) is 10.2. The highest BCUT2D eigenvalue weighted by Crippen LogP contribution is 2.10. The van der Waals surface area contributed by atoms with Crippen LogP contribution >= 0.6 is 0 Å². The van der Waals surface area contributed by atoms with Crippen molar-refractivity contribution in [2.24, 2.45) is 0 Å². The van der Waals surface area contributed by atoms with Gasteiger partial charge in [0, 0.05) is 12.1 Å². The summed E-state index contributed by atoms with van der Waals surface area (Å²) in [6, 6.07) is 7.95. The number of hydrogen-bond donors (Lipinski definition) is 2. The standard InChI is InChI=1S/C14H14FNO3/c15-12-3-1-10(2-4-12)5-7-16-9-11-6-8-19-13(11)14(17)18/h1-4,6,8,16H,5,7,9H2,(H,17,18). The van der Waals surface area contributed by atoms with Crippen molar-refractivity contribution in [3.63, 3.8) is 0 Å². The largest absolute Gasteiger partial charge is 0.475 e. The molecule has 1 aromatic heterocycles. The van der Waals surface area contributed by atoms with Gasteiger partial charge in [-0.1, -0.05) is 12.1 Å². The van der Waals surface area contributed by atoms with Crippen LogP contribution in [0.15, 0.2) is 41.0 Å². The Morgan fingerprint density at radius 3 is 2.68 bits per heavy atom. The second kappa shape index (κ2) is 6.15. The van der Waals surface area contributed by atoms with Crippen molar-refractivity contribution in [2.45, 2.75) is 13.0 Å². The fourth-order valence-electron chi connectivity index (χ4n) is 1.77. The molecule has 0 aliphatic rings. The molecule has 2 N–H and O–H groups in total.